The molecule has 17 heavy (non-hydrogen) atoms. The lowest BCUT2D eigenvalue weighted by Crippen LogP contribution is -2.39. The number of hydrogen-bond acceptors (Lipinski definition) is 3. The number of ether oxygens (including phenoxy) is 1. The molecular weight excluding hydrogens is 212 g/mol. The molecule has 2 atom stereocenters. The Morgan fingerprint density at radius 1 is 1.47 bits per heavy atom. The van der Waals surface area contributed by atoms with Crippen LogP contribution in [-0.4, -0.2) is 31.2 Å². The third kappa shape index (κ3) is 2.99. The molecule has 3 nitrogen and oxygen atoms in total. The van der Waals surface area contributed by atoms with Crippen LogP contribution < -0.4 is 5.73 Å². The van der Waals surface area contributed by atoms with Crippen molar-refractivity contribution >= 4 is 5.69 Å². The van der Waals surface area contributed by atoms with Gasteiger partial charge in [-0.15, -0.1) is 0 Å². The minimum atomic E-state index is 0.380. The highest BCUT2D eigenvalue weighted by atomic mass is 16.5. The van der Waals surface area contributed by atoms with E-state index in [2.05, 4.69) is 31.0 Å². The molecule has 1 aliphatic heterocycles. The van der Waals surface area contributed by atoms with Crippen molar-refractivity contribution in [3.05, 3.63) is 29.8 Å². The zero-order valence-corrected chi connectivity index (χ0v) is 10.7. The highest BCUT2D eigenvalue weighted by molar-refractivity contribution is 5.41. The molecule has 3 heteroatoms. The van der Waals surface area contributed by atoms with E-state index in [-0.39, 0.29) is 0 Å². The van der Waals surface area contributed by atoms with Gasteiger partial charge in [0.1, 0.15) is 0 Å². The molecule has 0 saturated carbocycles. The smallest absolute Gasteiger partial charge is 0.0621 e. The normalized spacial score (nSPS) is 22.6. The van der Waals surface area contributed by atoms with Crippen molar-refractivity contribution in [1.82, 2.24) is 4.90 Å². The Hall–Kier alpha value is -1.06. The Labute approximate surface area is 104 Å². The van der Waals surface area contributed by atoms with E-state index in [1.165, 1.54) is 18.4 Å². The van der Waals surface area contributed by atoms with Gasteiger partial charge in [0.15, 0.2) is 0 Å². The summed E-state index contributed by atoms with van der Waals surface area (Å²) in [5.41, 5.74) is 7.94. The van der Waals surface area contributed by atoms with E-state index in [9.17, 15) is 0 Å². The van der Waals surface area contributed by atoms with E-state index in [4.69, 9.17) is 10.5 Å². The van der Waals surface area contributed by atoms with Crippen molar-refractivity contribution in [3.8, 4) is 0 Å². The predicted molar refractivity (Wildman–Crippen MR) is 70.9 cm³/mol. The van der Waals surface area contributed by atoms with E-state index in [0.717, 1.165) is 18.9 Å². The molecule has 1 aromatic rings. The fourth-order valence-corrected chi connectivity index (χ4v) is 2.42. The monoisotopic (exact) mass is 234 g/mol. The number of anilines is 1. The molecule has 0 spiro atoms. The molecule has 1 heterocycles. The number of nitrogen functional groups attached to an aromatic ring is 1. The summed E-state index contributed by atoms with van der Waals surface area (Å²) in [5.74, 6) is 0. The second-order valence-electron chi connectivity index (χ2n) is 4.88. The van der Waals surface area contributed by atoms with E-state index in [1.54, 1.807) is 0 Å². The number of rotatable bonds is 3. The summed E-state index contributed by atoms with van der Waals surface area (Å²) in [4.78, 5) is 2.40. The first-order valence-electron chi connectivity index (χ1n) is 6.33. The topological polar surface area (TPSA) is 38.5 Å². The van der Waals surface area contributed by atoms with Crippen molar-refractivity contribution in [1.29, 1.82) is 0 Å². The molecule has 1 aromatic carbocycles. The van der Waals surface area contributed by atoms with Crippen LogP contribution >= 0.6 is 0 Å². The van der Waals surface area contributed by atoms with Crippen molar-refractivity contribution in [2.24, 2.45) is 0 Å². The third-order valence-electron chi connectivity index (χ3n) is 3.72. The van der Waals surface area contributed by atoms with Crippen LogP contribution in [0.3, 0.4) is 0 Å². The van der Waals surface area contributed by atoms with Crippen molar-refractivity contribution in [2.75, 3.05) is 26.0 Å². The number of benzene rings is 1. The molecule has 0 amide bonds. The Bertz CT molecular complexity index is 361. The van der Waals surface area contributed by atoms with Crippen molar-refractivity contribution in [3.63, 3.8) is 0 Å². The first-order valence-corrected chi connectivity index (χ1v) is 6.33. The van der Waals surface area contributed by atoms with Crippen LogP contribution in [0.5, 0.6) is 0 Å². The Kier molecular flexibility index (Phi) is 4.02. The number of hydrogen-bond donors (Lipinski definition) is 1. The first-order chi connectivity index (χ1) is 8.18. The average Bonchev–Trinajstić information content (AvgIpc) is 2.38. The van der Waals surface area contributed by atoms with Crippen LogP contribution in [0.25, 0.3) is 0 Å². The maximum atomic E-state index is 5.83. The highest BCUT2D eigenvalue weighted by Crippen LogP contribution is 2.25. The van der Waals surface area contributed by atoms with E-state index >= 15 is 0 Å². The maximum absolute atomic E-state index is 5.83. The largest absolute Gasteiger partial charge is 0.399 e. The van der Waals surface area contributed by atoms with Gasteiger partial charge in [0.25, 0.3) is 0 Å². The molecule has 0 radical (unpaired) electrons. The fraction of sp³-hybridized carbons (Fsp3) is 0.571. The Morgan fingerprint density at radius 2 is 2.29 bits per heavy atom. The lowest BCUT2D eigenvalue weighted by molar-refractivity contribution is 0.0145. The van der Waals surface area contributed by atoms with Gasteiger partial charge in [-0.25, -0.2) is 0 Å². The molecule has 1 fully saturated rings. The van der Waals surface area contributed by atoms with Crippen molar-refractivity contribution in [2.45, 2.75) is 31.8 Å². The molecule has 1 aliphatic rings. The summed E-state index contributed by atoms with van der Waals surface area (Å²) >= 11 is 0. The fourth-order valence-electron chi connectivity index (χ4n) is 2.42. The van der Waals surface area contributed by atoms with Crippen LogP contribution in [0.15, 0.2) is 24.3 Å². The zero-order valence-electron chi connectivity index (χ0n) is 10.7. The highest BCUT2D eigenvalue weighted by Gasteiger charge is 2.23. The summed E-state index contributed by atoms with van der Waals surface area (Å²) in [7, 11) is 2.17. The number of nitrogens with two attached hydrogens (primary N) is 1. The summed E-state index contributed by atoms with van der Waals surface area (Å²) in [6.45, 7) is 3.99. The van der Waals surface area contributed by atoms with Gasteiger partial charge < -0.3 is 10.5 Å². The van der Waals surface area contributed by atoms with Crippen molar-refractivity contribution < 1.29 is 4.74 Å². The molecule has 2 unspecified atom stereocenters. The zero-order chi connectivity index (χ0) is 12.3. The molecule has 2 N–H and O–H groups in total. The minimum Gasteiger partial charge on any atom is -0.399 e. The lowest BCUT2D eigenvalue weighted by Gasteiger charge is -2.35. The summed E-state index contributed by atoms with van der Waals surface area (Å²) < 4.78 is 5.55. The van der Waals surface area contributed by atoms with E-state index in [0.29, 0.717) is 12.1 Å². The quantitative estimate of drug-likeness (QED) is 0.816. The second kappa shape index (κ2) is 5.52. The van der Waals surface area contributed by atoms with Crippen LogP contribution in [0, 0.1) is 0 Å². The van der Waals surface area contributed by atoms with E-state index < -0.39 is 0 Å². The molecule has 2 rings (SSSR count). The molecular formula is C14H22N2O. The number of nitrogens with zero attached hydrogens (tertiary/aromatic N) is 1. The molecule has 1 saturated heterocycles. The van der Waals surface area contributed by atoms with Crippen LogP contribution in [-0.2, 0) is 4.74 Å². The van der Waals surface area contributed by atoms with Gasteiger partial charge in [-0.05, 0) is 44.5 Å². The van der Waals surface area contributed by atoms with Gasteiger partial charge >= 0.3 is 0 Å². The van der Waals surface area contributed by atoms with Crippen LogP contribution in [0.4, 0.5) is 5.69 Å². The molecule has 94 valence electrons. The number of likely N-dealkylation sites (N-methyl/N-ethyl adjacent to an activating group) is 1. The van der Waals surface area contributed by atoms with Gasteiger partial charge in [-0.3, -0.25) is 4.90 Å². The second-order valence-corrected chi connectivity index (χ2v) is 4.88. The molecule has 0 bridgehead atoms. The SMILES string of the molecule is CC(c1cccc(N)c1)N(C)C1CCCOC1. The van der Waals surface area contributed by atoms with Crippen LogP contribution in [0.2, 0.25) is 0 Å². The third-order valence-corrected chi connectivity index (χ3v) is 3.72. The lowest BCUT2D eigenvalue weighted by atomic mass is 10.0. The van der Waals surface area contributed by atoms with Gasteiger partial charge in [-0.2, -0.15) is 0 Å². The predicted octanol–water partition coefficient (Wildman–Crippen LogP) is 2.44. The summed E-state index contributed by atoms with van der Waals surface area (Å²) in [5, 5.41) is 0. The standard InChI is InChI=1S/C14H22N2O/c1-11(12-5-3-6-13(15)9-12)16(2)14-7-4-8-17-10-14/h3,5-6,9,11,14H,4,7-8,10,15H2,1-2H3. The molecule has 0 aliphatic carbocycles. The first kappa shape index (κ1) is 12.4. The average molecular weight is 234 g/mol. The summed E-state index contributed by atoms with van der Waals surface area (Å²) in [6.07, 6.45) is 2.39. The minimum absolute atomic E-state index is 0.380. The maximum Gasteiger partial charge on any atom is 0.0621 e. The molecule has 0 aromatic heterocycles. The summed E-state index contributed by atoms with van der Waals surface area (Å²) in [6, 6.07) is 9.06. The Morgan fingerprint density at radius 3 is 2.94 bits per heavy atom. The van der Waals surface area contributed by atoms with E-state index in [1.807, 2.05) is 12.1 Å². The van der Waals surface area contributed by atoms with Gasteiger partial charge in [0.2, 0.25) is 0 Å². The van der Waals surface area contributed by atoms with Gasteiger partial charge in [0.05, 0.1) is 6.61 Å². The van der Waals surface area contributed by atoms with Gasteiger partial charge in [-0.1, -0.05) is 12.1 Å². The van der Waals surface area contributed by atoms with Crippen LogP contribution in [0.1, 0.15) is 31.4 Å². The Balaban J connectivity index is 2.05. The van der Waals surface area contributed by atoms with Gasteiger partial charge in [0, 0.05) is 24.4 Å².